The molecule has 5 aromatic carbocycles. The summed E-state index contributed by atoms with van der Waals surface area (Å²) in [7, 11) is 1.47. The second-order valence-corrected chi connectivity index (χ2v) is 13.5. The van der Waals surface area contributed by atoms with Crippen molar-refractivity contribution in [3.63, 3.8) is 0 Å². The number of Topliss-reactive ketones (excluding diaryl/α,β-unsaturated/α-hetero) is 1. The monoisotopic (exact) mass is 689 g/mol. The van der Waals surface area contributed by atoms with Crippen molar-refractivity contribution in [2.75, 3.05) is 12.0 Å². The molecule has 0 aromatic heterocycles. The van der Waals surface area contributed by atoms with Gasteiger partial charge in [-0.3, -0.25) is 14.4 Å². The summed E-state index contributed by atoms with van der Waals surface area (Å²) >= 11 is 19.3. The minimum Gasteiger partial charge on any atom is -0.495 e. The Balaban J connectivity index is 1.56. The number of ketones is 1. The highest BCUT2D eigenvalue weighted by molar-refractivity contribution is 6.40. The molecule has 8 heteroatoms. The molecule has 0 radical (unpaired) electrons. The van der Waals surface area contributed by atoms with Gasteiger partial charge in [0.05, 0.1) is 35.5 Å². The Morgan fingerprint density at radius 1 is 0.562 bits per heavy atom. The van der Waals surface area contributed by atoms with Crippen molar-refractivity contribution in [1.82, 2.24) is 0 Å². The first-order valence-corrected chi connectivity index (χ1v) is 16.5. The fraction of sp³-hybridized carbons (Fsp3) is 0.125. The SMILES string of the molecule is COc1ccc(Cl)cc1N1C(=O)[C@@H]2[C@@H](C1=O)[C@@]1(c3ccc(Cl)cc3)C(=O)[C@@]2(c2ccc(Cl)cc2)C(c2ccccc2)=C1c1ccccc1. The molecule has 8 rings (SSSR count). The molecule has 4 atom stereocenters. The lowest BCUT2D eigenvalue weighted by atomic mass is 9.59. The lowest BCUT2D eigenvalue weighted by Crippen LogP contribution is -2.45. The van der Waals surface area contributed by atoms with Crippen LogP contribution >= 0.6 is 34.8 Å². The quantitative estimate of drug-likeness (QED) is 0.167. The highest BCUT2D eigenvalue weighted by Crippen LogP contribution is 2.74. The molecular weight excluding hydrogens is 665 g/mol. The molecule has 5 nitrogen and oxygen atoms in total. The molecule has 2 bridgehead atoms. The number of carbonyl (C=O) groups excluding carboxylic acids is 3. The predicted octanol–water partition coefficient (Wildman–Crippen LogP) is 8.84. The molecule has 48 heavy (non-hydrogen) atoms. The molecule has 1 saturated heterocycles. The van der Waals surface area contributed by atoms with Crippen LogP contribution in [-0.4, -0.2) is 24.7 Å². The number of fused-ring (bicyclic) bond motifs is 5. The smallest absolute Gasteiger partial charge is 0.239 e. The maximum absolute atomic E-state index is 16.0. The van der Waals surface area contributed by atoms with Crippen molar-refractivity contribution in [2.45, 2.75) is 10.8 Å². The molecule has 3 aliphatic rings. The van der Waals surface area contributed by atoms with E-state index in [4.69, 9.17) is 39.5 Å². The van der Waals surface area contributed by atoms with Crippen molar-refractivity contribution < 1.29 is 19.1 Å². The van der Waals surface area contributed by atoms with Crippen LogP contribution in [0.25, 0.3) is 11.1 Å². The number of benzene rings is 5. The van der Waals surface area contributed by atoms with Crippen molar-refractivity contribution in [2.24, 2.45) is 11.8 Å². The Morgan fingerprint density at radius 2 is 0.979 bits per heavy atom. The lowest BCUT2D eigenvalue weighted by molar-refractivity contribution is -0.130. The van der Waals surface area contributed by atoms with E-state index in [-0.39, 0.29) is 11.5 Å². The molecule has 0 N–H and O–H groups in total. The summed E-state index contributed by atoms with van der Waals surface area (Å²) in [5.41, 5.74) is 1.13. The summed E-state index contributed by atoms with van der Waals surface area (Å²) < 4.78 is 5.64. The summed E-state index contributed by atoms with van der Waals surface area (Å²) in [5, 5.41) is 1.29. The lowest BCUT2D eigenvalue weighted by Gasteiger charge is -2.39. The number of halogens is 3. The highest BCUT2D eigenvalue weighted by atomic mass is 35.5. The van der Waals surface area contributed by atoms with Gasteiger partial charge in [-0.05, 0) is 75.9 Å². The molecule has 0 unspecified atom stereocenters. The number of methoxy groups -OCH3 is 1. The van der Waals surface area contributed by atoms with E-state index in [0.717, 1.165) is 11.1 Å². The molecule has 1 aliphatic heterocycles. The zero-order valence-electron chi connectivity index (χ0n) is 25.5. The van der Waals surface area contributed by atoms with Crippen LogP contribution in [0.1, 0.15) is 22.3 Å². The fourth-order valence-corrected chi connectivity index (χ4v) is 8.85. The van der Waals surface area contributed by atoms with Crippen molar-refractivity contribution in [3.8, 4) is 5.75 Å². The van der Waals surface area contributed by atoms with Gasteiger partial charge >= 0.3 is 0 Å². The third-order valence-corrected chi connectivity index (χ3v) is 10.8. The summed E-state index contributed by atoms with van der Waals surface area (Å²) in [4.78, 5) is 47.5. The Kier molecular flexibility index (Phi) is 7.15. The number of anilines is 1. The van der Waals surface area contributed by atoms with Crippen LogP contribution in [0.4, 0.5) is 5.69 Å². The fourth-order valence-electron chi connectivity index (χ4n) is 8.43. The predicted molar refractivity (Wildman–Crippen MR) is 188 cm³/mol. The van der Waals surface area contributed by atoms with Gasteiger partial charge in [-0.25, -0.2) is 4.90 Å². The third kappa shape index (κ3) is 3.96. The standard InChI is InChI=1S/C40H26Cl3NO4/c1-48-31-21-20-29(43)22-30(31)44-36(45)34-35(37(44)46)40(26-14-18-28(42)19-15-26)33(24-10-6-3-7-11-24)32(23-8-4-2-5-9-23)39(34,38(40)47)25-12-16-27(41)17-13-25/h2-22,34-35H,1H3/t34-,35-,39-,40-/m0/s1. The van der Waals surface area contributed by atoms with Crippen LogP contribution in [0.2, 0.25) is 15.1 Å². The van der Waals surface area contributed by atoms with E-state index in [1.807, 2.05) is 60.7 Å². The Morgan fingerprint density at radius 3 is 1.40 bits per heavy atom. The van der Waals surface area contributed by atoms with Gasteiger partial charge in [-0.2, -0.15) is 0 Å². The molecular formula is C40H26Cl3NO4. The third-order valence-electron chi connectivity index (χ3n) is 10.1. The Hall–Kier alpha value is -4.68. The number of allylic oxidation sites excluding steroid dienone is 2. The summed E-state index contributed by atoms with van der Waals surface area (Å²) in [6.45, 7) is 0. The molecule has 0 spiro atoms. The normalized spacial score (nSPS) is 24.4. The van der Waals surface area contributed by atoms with Crippen molar-refractivity contribution in [3.05, 3.63) is 165 Å². The molecule has 2 fully saturated rings. The van der Waals surface area contributed by atoms with Gasteiger partial charge in [-0.1, -0.05) is 120 Å². The van der Waals surface area contributed by atoms with Crippen LogP contribution < -0.4 is 9.64 Å². The number of hydrogen-bond donors (Lipinski definition) is 0. The van der Waals surface area contributed by atoms with Crippen LogP contribution in [0.5, 0.6) is 5.75 Å². The largest absolute Gasteiger partial charge is 0.495 e. The van der Waals surface area contributed by atoms with Gasteiger partial charge in [0, 0.05) is 15.1 Å². The van der Waals surface area contributed by atoms with Gasteiger partial charge in [0.25, 0.3) is 0 Å². The van der Waals surface area contributed by atoms with Crippen molar-refractivity contribution in [1.29, 1.82) is 0 Å². The number of hydrogen-bond acceptors (Lipinski definition) is 4. The van der Waals surface area contributed by atoms with E-state index in [9.17, 15) is 0 Å². The number of ether oxygens (including phenoxy) is 1. The van der Waals surface area contributed by atoms with E-state index in [0.29, 0.717) is 43.1 Å². The summed E-state index contributed by atoms with van der Waals surface area (Å²) in [6.07, 6.45) is 0. The first-order valence-electron chi connectivity index (χ1n) is 15.4. The second-order valence-electron chi connectivity index (χ2n) is 12.2. The second kappa shape index (κ2) is 11.2. The first kappa shape index (κ1) is 30.6. The number of imide groups is 1. The van der Waals surface area contributed by atoms with Gasteiger partial charge in [0.2, 0.25) is 11.8 Å². The van der Waals surface area contributed by atoms with Crippen LogP contribution in [0.15, 0.2) is 127 Å². The van der Waals surface area contributed by atoms with E-state index in [2.05, 4.69) is 0 Å². The van der Waals surface area contributed by atoms with E-state index < -0.39 is 34.5 Å². The van der Waals surface area contributed by atoms with Gasteiger partial charge in [0.15, 0.2) is 5.78 Å². The molecule has 2 amide bonds. The number of carbonyl (C=O) groups is 3. The average molecular weight is 691 g/mol. The topological polar surface area (TPSA) is 63.7 Å². The minimum atomic E-state index is -1.57. The summed E-state index contributed by atoms with van der Waals surface area (Å²) in [6, 6.07) is 38.2. The maximum atomic E-state index is 16.0. The van der Waals surface area contributed by atoms with Gasteiger partial charge < -0.3 is 4.74 Å². The number of amides is 2. The molecule has 2 aliphatic carbocycles. The molecule has 1 saturated carbocycles. The van der Waals surface area contributed by atoms with Crippen LogP contribution in [-0.2, 0) is 25.2 Å². The molecule has 236 valence electrons. The Labute approximate surface area is 292 Å². The summed E-state index contributed by atoms with van der Waals surface area (Å²) in [5.74, 6) is -3.18. The number of nitrogens with zero attached hydrogens (tertiary/aromatic N) is 1. The average Bonchev–Trinajstić information content (AvgIpc) is 3.61. The van der Waals surface area contributed by atoms with E-state index in [1.165, 1.54) is 12.0 Å². The number of rotatable bonds is 6. The van der Waals surface area contributed by atoms with Crippen molar-refractivity contribution >= 4 is 69.2 Å². The zero-order valence-corrected chi connectivity index (χ0v) is 27.8. The highest BCUT2D eigenvalue weighted by Gasteiger charge is 2.82. The van der Waals surface area contributed by atoms with Crippen LogP contribution in [0, 0.1) is 11.8 Å². The zero-order chi connectivity index (χ0) is 33.4. The Bertz CT molecular complexity index is 2040. The molecule has 5 aromatic rings. The van der Waals surface area contributed by atoms with Gasteiger partial charge in [0.1, 0.15) is 5.75 Å². The first-order chi connectivity index (χ1) is 23.3. The van der Waals surface area contributed by atoms with Gasteiger partial charge in [-0.15, -0.1) is 0 Å². The van der Waals surface area contributed by atoms with E-state index in [1.54, 1.807) is 66.7 Å². The molecule has 1 heterocycles. The van der Waals surface area contributed by atoms with Crippen LogP contribution in [0.3, 0.4) is 0 Å². The van der Waals surface area contributed by atoms with E-state index >= 15 is 14.4 Å². The maximum Gasteiger partial charge on any atom is 0.239 e. The minimum absolute atomic E-state index is 0.223.